The number of carbonyl (C=O) groups excluding carboxylic acids is 3. The highest BCUT2D eigenvalue weighted by atomic mass is 16.4. The average Bonchev–Trinajstić information content (AvgIpc) is 2.01. The molecule has 0 aromatic carbocycles. The van der Waals surface area contributed by atoms with Gasteiger partial charge in [-0.3, -0.25) is 9.59 Å². The second-order valence-electron chi connectivity index (χ2n) is 2.28. The van der Waals surface area contributed by atoms with Crippen LogP contribution in [-0.4, -0.2) is 24.7 Å². The van der Waals surface area contributed by atoms with Gasteiger partial charge in [0.15, 0.2) is 0 Å². The SMILES string of the molecule is CC(=O)CC([O])=O.CCC(=O)NC. The van der Waals surface area contributed by atoms with Crippen LogP contribution in [0.25, 0.3) is 0 Å². The lowest BCUT2D eigenvalue weighted by atomic mass is 10.3. The summed E-state index contributed by atoms with van der Waals surface area (Å²) >= 11 is 0. The molecule has 0 unspecified atom stereocenters. The van der Waals surface area contributed by atoms with Gasteiger partial charge < -0.3 is 5.32 Å². The second-order valence-corrected chi connectivity index (χ2v) is 2.28. The van der Waals surface area contributed by atoms with E-state index in [1.54, 1.807) is 7.05 Å². The van der Waals surface area contributed by atoms with Crippen LogP contribution in [0.4, 0.5) is 0 Å². The van der Waals surface area contributed by atoms with Gasteiger partial charge in [0.25, 0.3) is 0 Å². The van der Waals surface area contributed by atoms with Crippen molar-refractivity contribution in [2.45, 2.75) is 26.7 Å². The lowest BCUT2D eigenvalue weighted by molar-refractivity contribution is -0.145. The van der Waals surface area contributed by atoms with E-state index in [1.165, 1.54) is 6.92 Å². The first-order valence-corrected chi connectivity index (χ1v) is 3.83. The van der Waals surface area contributed by atoms with Crippen molar-refractivity contribution in [3.05, 3.63) is 0 Å². The van der Waals surface area contributed by atoms with E-state index < -0.39 is 12.4 Å². The summed E-state index contributed by atoms with van der Waals surface area (Å²) < 4.78 is 0. The molecule has 13 heavy (non-hydrogen) atoms. The molecule has 0 fully saturated rings. The predicted molar refractivity (Wildman–Crippen MR) is 45.3 cm³/mol. The van der Waals surface area contributed by atoms with Gasteiger partial charge in [0.05, 0.1) is 0 Å². The van der Waals surface area contributed by atoms with Gasteiger partial charge in [0.1, 0.15) is 12.2 Å². The van der Waals surface area contributed by atoms with Crippen LogP contribution in [0.1, 0.15) is 26.7 Å². The number of amides is 1. The van der Waals surface area contributed by atoms with Crippen molar-refractivity contribution in [3.63, 3.8) is 0 Å². The molecule has 1 N–H and O–H groups in total. The molecule has 0 atom stereocenters. The maximum atomic E-state index is 10.1. The molecule has 1 amide bonds. The first kappa shape index (κ1) is 14.2. The van der Waals surface area contributed by atoms with Gasteiger partial charge in [-0.15, -0.1) is 0 Å². The minimum atomic E-state index is -1.31. The minimum Gasteiger partial charge on any atom is -0.359 e. The Morgan fingerprint density at radius 1 is 1.23 bits per heavy atom. The van der Waals surface area contributed by atoms with E-state index in [1.807, 2.05) is 6.92 Å². The quantitative estimate of drug-likeness (QED) is 0.636. The smallest absolute Gasteiger partial charge is 0.359 e. The zero-order valence-electron chi connectivity index (χ0n) is 8.05. The van der Waals surface area contributed by atoms with Crippen molar-refractivity contribution in [1.82, 2.24) is 5.32 Å². The van der Waals surface area contributed by atoms with Crippen LogP contribution in [0, 0.1) is 0 Å². The van der Waals surface area contributed by atoms with Crippen molar-refractivity contribution in [2.24, 2.45) is 0 Å². The van der Waals surface area contributed by atoms with E-state index in [0.717, 1.165) is 0 Å². The molecule has 0 aliphatic carbocycles. The molecule has 75 valence electrons. The van der Waals surface area contributed by atoms with Gasteiger partial charge >= 0.3 is 5.97 Å². The fourth-order valence-electron chi connectivity index (χ4n) is 0.380. The monoisotopic (exact) mass is 188 g/mol. The number of Topliss-reactive ketones (excluding diaryl/α,β-unsaturated/α-hetero) is 1. The summed E-state index contributed by atoms with van der Waals surface area (Å²) in [7, 11) is 1.63. The fourth-order valence-corrected chi connectivity index (χ4v) is 0.380. The highest BCUT2D eigenvalue weighted by Gasteiger charge is 2.01. The molecular formula is C8H14NO4. The van der Waals surface area contributed by atoms with Gasteiger partial charge in [0, 0.05) is 13.5 Å². The second kappa shape index (κ2) is 8.70. The van der Waals surface area contributed by atoms with Gasteiger partial charge in [-0.2, -0.15) is 0 Å². The third kappa shape index (κ3) is 18.0. The molecule has 0 saturated heterocycles. The minimum absolute atomic E-state index is 0.0926. The Hall–Kier alpha value is -1.39. The van der Waals surface area contributed by atoms with Gasteiger partial charge in [0.2, 0.25) is 5.91 Å². The molecule has 0 heterocycles. The summed E-state index contributed by atoms with van der Waals surface area (Å²) in [5.41, 5.74) is 0. The van der Waals surface area contributed by atoms with Crippen molar-refractivity contribution < 1.29 is 19.5 Å². The van der Waals surface area contributed by atoms with Crippen molar-refractivity contribution in [1.29, 1.82) is 0 Å². The summed E-state index contributed by atoms with van der Waals surface area (Å²) in [6.45, 7) is 3.02. The molecule has 0 spiro atoms. The van der Waals surface area contributed by atoms with Crippen LogP contribution < -0.4 is 5.32 Å². The van der Waals surface area contributed by atoms with E-state index in [4.69, 9.17) is 0 Å². The van der Waals surface area contributed by atoms with Gasteiger partial charge in [-0.05, 0) is 6.92 Å². The Labute approximate surface area is 77.1 Å². The predicted octanol–water partition coefficient (Wildman–Crippen LogP) is 0.0650. The van der Waals surface area contributed by atoms with E-state index in [2.05, 4.69) is 5.32 Å². The Balaban J connectivity index is 0. The number of hydrogen-bond acceptors (Lipinski definition) is 3. The van der Waals surface area contributed by atoms with E-state index in [9.17, 15) is 19.5 Å². The lowest BCUT2D eigenvalue weighted by Gasteiger charge is -1.87. The third-order valence-electron chi connectivity index (χ3n) is 0.993. The van der Waals surface area contributed by atoms with Crippen LogP contribution in [0.2, 0.25) is 0 Å². The lowest BCUT2D eigenvalue weighted by Crippen LogP contribution is -2.15. The molecule has 0 bridgehead atoms. The van der Waals surface area contributed by atoms with Crippen molar-refractivity contribution in [3.8, 4) is 0 Å². The Morgan fingerprint density at radius 3 is 1.69 bits per heavy atom. The van der Waals surface area contributed by atoms with Gasteiger partial charge in [-0.1, -0.05) is 6.92 Å². The maximum absolute atomic E-state index is 10.1. The zero-order chi connectivity index (χ0) is 10.9. The highest BCUT2D eigenvalue weighted by molar-refractivity contribution is 5.92. The normalized spacial score (nSPS) is 7.92. The Morgan fingerprint density at radius 2 is 1.69 bits per heavy atom. The summed E-state index contributed by atoms with van der Waals surface area (Å²) in [4.78, 5) is 29.4. The number of hydrogen-bond donors (Lipinski definition) is 1. The third-order valence-corrected chi connectivity index (χ3v) is 0.993. The topological polar surface area (TPSA) is 83.1 Å². The van der Waals surface area contributed by atoms with E-state index in [-0.39, 0.29) is 11.7 Å². The Bertz CT molecular complexity index is 171. The van der Waals surface area contributed by atoms with Crippen LogP contribution >= 0.6 is 0 Å². The summed E-state index contributed by atoms with van der Waals surface area (Å²) in [5.74, 6) is -1.59. The van der Waals surface area contributed by atoms with Crippen LogP contribution in [0.5, 0.6) is 0 Å². The molecule has 1 radical (unpaired) electrons. The molecule has 0 saturated carbocycles. The van der Waals surface area contributed by atoms with E-state index in [0.29, 0.717) is 6.42 Å². The molecular weight excluding hydrogens is 174 g/mol. The van der Waals surface area contributed by atoms with Crippen molar-refractivity contribution in [2.75, 3.05) is 7.05 Å². The summed E-state index contributed by atoms with van der Waals surface area (Å²) in [6.07, 6.45) is 0.108. The summed E-state index contributed by atoms with van der Waals surface area (Å²) in [5, 5.41) is 12.0. The molecule has 0 aliphatic heterocycles. The maximum Gasteiger partial charge on any atom is 0.362 e. The number of rotatable bonds is 3. The average molecular weight is 188 g/mol. The van der Waals surface area contributed by atoms with E-state index >= 15 is 0 Å². The molecule has 0 aromatic rings. The number of ketones is 1. The summed E-state index contributed by atoms with van der Waals surface area (Å²) in [6, 6.07) is 0. The first-order chi connectivity index (χ1) is 5.93. The highest BCUT2D eigenvalue weighted by Crippen LogP contribution is 1.78. The van der Waals surface area contributed by atoms with Crippen LogP contribution in [0.3, 0.4) is 0 Å². The Kier molecular flexibility index (Phi) is 9.48. The molecule has 5 heteroatoms. The molecule has 5 nitrogen and oxygen atoms in total. The fraction of sp³-hybridized carbons (Fsp3) is 0.625. The van der Waals surface area contributed by atoms with Gasteiger partial charge in [-0.25, -0.2) is 9.90 Å². The van der Waals surface area contributed by atoms with Crippen LogP contribution in [-0.2, 0) is 19.5 Å². The molecule has 0 aromatic heterocycles. The molecule has 0 rings (SSSR count). The van der Waals surface area contributed by atoms with Crippen LogP contribution in [0.15, 0.2) is 0 Å². The zero-order valence-corrected chi connectivity index (χ0v) is 8.05. The first-order valence-electron chi connectivity index (χ1n) is 3.83. The number of nitrogens with one attached hydrogen (secondary N) is 1. The largest absolute Gasteiger partial charge is 0.362 e. The number of carbonyl (C=O) groups is 3. The molecule has 0 aliphatic rings. The standard InChI is InChI=1S/C4H9NO.C4H5O3/c1-3-4(6)5-2;1-3(5)2-4(6)7/h3H2,1-2H3,(H,5,6);2H2,1H3. The van der Waals surface area contributed by atoms with Crippen molar-refractivity contribution >= 4 is 17.7 Å².